The Labute approximate surface area is 143 Å². The Bertz CT molecular complexity index is 874. The maximum atomic E-state index is 4.44. The lowest BCUT2D eigenvalue weighted by Crippen LogP contribution is -2.27. The third-order valence-electron chi connectivity index (χ3n) is 5.26. The summed E-state index contributed by atoms with van der Waals surface area (Å²) in [6.07, 6.45) is 4.20. The minimum absolute atomic E-state index is 1.03. The Balaban J connectivity index is 1.75. The average molecular weight is 319 g/mol. The SMILES string of the molecule is Cc1ccc(CCn2c3c(c4cccc(C)c42)CN(C)CC3)cn1. The van der Waals surface area contributed by atoms with Gasteiger partial charge in [-0.25, -0.2) is 0 Å². The lowest BCUT2D eigenvalue weighted by molar-refractivity contribution is 0.309. The highest BCUT2D eigenvalue weighted by Gasteiger charge is 2.22. The Morgan fingerprint density at radius 1 is 1.12 bits per heavy atom. The first kappa shape index (κ1) is 15.4. The summed E-state index contributed by atoms with van der Waals surface area (Å²) in [5.41, 5.74) is 8.28. The summed E-state index contributed by atoms with van der Waals surface area (Å²) in [7, 11) is 2.22. The fraction of sp³-hybridized carbons (Fsp3) is 0.381. The predicted molar refractivity (Wildman–Crippen MR) is 99.4 cm³/mol. The maximum absolute atomic E-state index is 4.44. The molecule has 3 heterocycles. The number of hydrogen-bond donors (Lipinski definition) is 0. The third kappa shape index (κ3) is 2.63. The molecule has 24 heavy (non-hydrogen) atoms. The number of fused-ring (bicyclic) bond motifs is 3. The van der Waals surface area contributed by atoms with Gasteiger partial charge in [-0.2, -0.15) is 0 Å². The molecule has 1 aromatic carbocycles. The van der Waals surface area contributed by atoms with E-state index in [9.17, 15) is 0 Å². The summed E-state index contributed by atoms with van der Waals surface area (Å²) in [5.74, 6) is 0. The molecule has 0 fully saturated rings. The molecule has 0 bridgehead atoms. The second-order valence-corrected chi connectivity index (χ2v) is 7.09. The van der Waals surface area contributed by atoms with Crippen molar-refractivity contribution < 1.29 is 0 Å². The van der Waals surface area contributed by atoms with Crippen LogP contribution in [-0.2, 0) is 25.9 Å². The highest BCUT2D eigenvalue weighted by atomic mass is 15.1. The molecule has 1 aliphatic heterocycles. The average Bonchev–Trinajstić information content (AvgIpc) is 2.89. The van der Waals surface area contributed by atoms with E-state index < -0.39 is 0 Å². The van der Waals surface area contributed by atoms with Gasteiger partial charge in [-0.05, 0) is 50.1 Å². The van der Waals surface area contributed by atoms with Crippen molar-refractivity contribution in [3.8, 4) is 0 Å². The van der Waals surface area contributed by atoms with Crippen LogP contribution in [0.5, 0.6) is 0 Å². The van der Waals surface area contributed by atoms with Crippen LogP contribution in [0.2, 0.25) is 0 Å². The van der Waals surface area contributed by atoms with Gasteiger partial charge in [-0.15, -0.1) is 0 Å². The van der Waals surface area contributed by atoms with E-state index in [1.807, 2.05) is 13.1 Å². The Morgan fingerprint density at radius 3 is 2.79 bits per heavy atom. The van der Waals surface area contributed by atoms with E-state index in [4.69, 9.17) is 0 Å². The highest BCUT2D eigenvalue weighted by Crippen LogP contribution is 2.32. The van der Waals surface area contributed by atoms with Crippen LogP contribution in [0.4, 0.5) is 0 Å². The Kier molecular flexibility index (Phi) is 3.89. The molecular formula is C21H25N3. The fourth-order valence-electron chi connectivity index (χ4n) is 3.96. The first-order valence-electron chi connectivity index (χ1n) is 8.83. The maximum Gasteiger partial charge on any atom is 0.0515 e. The van der Waals surface area contributed by atoms with Gasteiger partial charge >= 0.3 is 0 Å². The molecule has 0 unspecified atom stereocenters. The lowest BCUT2D eigenvalue weighted by Gasteiger charge is -2.24. The molecule has 124 valence electrons. The van der Waals surface area contributed by atoms with Crippen molar-refractivity contribution in [2.45, 2.75) is 39.8 Å². The number of pyridine rings is 1. The molecule has 1 aliphatic rings. The number of likely N-dealkylation sites (N-methyl/N-ethyl adjacent to an activating group) is 1. The minimum Gasteiger partial charge on any atom is -0.344 e. The Morgan fingerprint density at radius 2 is 2.00 bits per heavy atom. The van der Waals surface area contributed by atoms with Gasteiger partial charge in [0.05, 0.1) is 5.52 Å². The van der Waals surface area contributed by atoms with Crippen molar-refractivity contribution >= 4 is 10.9 Å². The quantitative estimate of drug-likeness (QED) is 0.730. The second-order valence-electron chi connectivity index (χ2n) is 7.09. The summed E-state index contributed by atoms with van der Waals surface area (Å²) in [6.45, 7) is 7.52. The molecule has 0 N–H and O–H groups in total. The van der Waals surface area contributed by atoms with Crippen LogP contribution < -0.4 is 0 Å². The summed E-state index contributed by atoms with van der Waals surface area (Å²) >= 11 is 0. The van der Waals surface area contributed by atoms with E-state index in [1.54, 1.807) is 0 Å². The van der Waals surface area contributed by atoms with Gasteiger partial charge in [0.25, 0.3) is 0 Å². The third-order valence-corrected chi connectivity index (χ3v) is 5.26. The van der Waals surface area contributed by atoms with E-state index >= 15 is 0 Å². The van der Waals surface area contributed by atoms with Crippen LogP contribution in [0.3, 0.4) is 0 Å². The fourth-order valence-corrected chi connectivity index (χ4v) is 3.96. The summed E-state index contributed by atoms with van der Waals surface area (Å²) in [5, 5.41) is 1.44. The summed E-state index contributed by atoms with van der Waals surface area (Å²) in [6, 6.07) is 11.0. The second kappa shape index (κ2) is 6.06. The first-order chi connectivity index (χ1) is 11.6. The van der Waals surface area contributed by atoms with Gasteiger partial charge < -0.3 is 9.47 Å². The number of para-hydroxylation sites is 1. The molecule has 0 radical (unpaired) electrons. The molecule has 3 nitrogen and oxygen atoms in total. The molecule has 3 aromatic rings. The van der Waals surface area contributed by atoms with E-state index in [1.165, 1.54) is 33.3 Å². The van der Waals surface area contributed by atoms with E-state index in [0.29, 0.717) is 0 Å². The van der Waals surface area contributed by atoms with E-state index in [2.05, 4.69) is 58.8 Å². The minimum atomic E-state index is 1.03. The molecule has 2 aromatic heterocycles. The largest absolute Gasteiger partial charge is 0.344 e. The van der Waals surface area contributed by atoms with Gasteiger partial charge in [0.1, 0.15) is 0 Å². The normalized spacial score (nSPS) is 15.0. The van der Waals surface area contributed by atoms with Gasteiger partial charge in [0, 0.05) is 49.0 Å². The Hall–Kier alpha value is -2.13. The van der Waals surface area contributed by atoms with Gasteiger partial charge in [0.15, 0.2) is 0 Å². The van der Waals surface area contributed by atoms with Gasteiger partial charge in [-0.1, -0.05) is 24.3 Å². The van der Waals surface area contributed by atoms with Gasteiger partial charge in [-0.3, -0.25) is 4.98 Å². The molecule has 0 aliphatic carbocycles. The molecule has 0 spiro atoms. The number of benzene rings is 1. The highest BCUT2D eigenvalue weighted by molar-refractivity contribution is 5.88. The molecule has 0 saturated carbocycles. The van der Waals surface area contributed by atoms with Crippen LogP contribution >= 0.6 is 0 Å². The number of hydrogen-bond acceptors (Lipinski definition) is 2. The number of aryl methyl sites for hydroxylation is 4. The number of nitrogens with zero attached hydrogens (tertiary/aromatic N) is 3. The molecule has 3 heteroatoms. The monoisotopic (exact) mass is 319 g/mol. The van der Waals surface area contributed by atoms with Crippen molar-refractivity contribution in [2.75, 3.05) is 13.6 Å². The van der Waals surface area contributed by atoms with E-state index in [-0.39, 0.29) is 0 Å². The van der Waals surface area contributed by atoms with Crippen molar-refractivity contribution in [1.82, 2.24) is 14.5 Å². The van der Waals surface area contributed by atoms with Crippen molar-refractivity contribution in [3.05, 3.63) is 64.6 Å². The molecule has 0 amide bonds. The smallest absolute Gasteiger partial charge is 0.0515 e. The first-order valence-corrected chi connectivity index (χ1v) is 8.83. The standard InChI is InChI=1S/C21H25N3/c1-15-5-4-6-18-19-14-23(3)11-10-20(19)24(21(15)18)12-9-17-8-7-16(2)22-13-17/h4-8,13H,9-12,14H2,1-3H3. The summed E-state index contributed by atoms with van der Waals surface area (Å²) < 4.78 is 2.58. The molecule has 0 saturated heterocycles. The van der Waals surface area contributed by atoms with Crippen LogP contribution in [0, 0.1) is 13.8 Å². The number of aromatic nitrogens is 2. The van der Waals surface area contributed by atoms with Crippen LogP contribution in [0.25, 0.3) is 10.9 Å². The topological polar surface area (TPSA) is 21.1 Å². The van der Waals surface area contributed by atoms with E-state index in [0.717, 1.165) is 38.2 Å². The predicted octanol–water partition coefficient (Wildman–Crippen LogP) is 3.88. The zero-order valence-electron chi connectivity index (χ0n) is 14.8. The molecule has 0 atom stereocenters. The van der Waals surface area contributed by atoms with Crippen LogP contribution in [0.15, 0.2) is 36.5 Å². The van der Waals surface area contributed by atoms with Crippen molar-refractivity contribution in [1.29, 1.82) is 0 Å². The zero-order chi connectivity index (χ0) is 16.7. The van der Waals surface area contributed by atoms with Crippen LogP contribution in [0.1, 0.15) is 28.1 Å². The zero-order valence-corrected chi connectivity index (χ0v) is 14.8. The van der Waals surface area contributed by atoms with Crippen molar-refractivity contribution in [2.24, 2.45) is 0 Å². The number of rotatable bonds is 3. The summed E-state index contributed by atoms with van der Waals surface area (Å²) in [4.78, 5) is 6.87. The molecule has 4 rings (SSSR count). The van der Waals surface area contributed by atoms with Crippen LogP contribution in [-0.4, -0.2) is 28.0 Å². The van der Waals surface area contributed by atoms with Gasteiger partial charge in [0.2, 0.25) is 0 Å². The van der Waals surface area contributed by atoms with Crippen molar-refractivity contribution in [3.63, 3.8) is 0 Å². The molecular weight excluding hydrogens is 294 g/mol. The lowest BCUT2D eigenvalue weighted by atomic mass is 10.0.